The number of rotatable bonds is 3. The Kier molecular flexibility index (Phi) is 6.08. The smallest absolute Gasteiger partial charge is 0.336 e. The molecule has 1 rings (SSSR count). The number of hydrogen-bond acceptors (Lipinski definition) is 2. The fourth-order valence-corrected chi connectivity index (χ4v) is 3.02. The molecule has 23 heavy (non-hydrogen) atoms. The van der Waals surface area contributed by atoms with Crippen LogP contribution in [0.4, 0.5) is 32.0 Å². The average molecular weight is 381 g/mol. The van der Waals surface area contributed by atoms with Crippen LogP contribution in [0.2, 0.25) is 5.02 Å². The summed E-state index contributed by atoms with van der Waals surface area (Å²) in [7, 11) is -1.63. The Morgan fingerprint density at radius 2 is 1.83 bits per heavy atom. The highest BCUT2D eigenvalue weighted by molar-refractivity contribution is 7.85. The molecule has 1 unspecified atom stereocenters. The van der Waals surface area contributed by atoms with Gasteiger partial charge in [-0.05, 0) is 24.6 Å². The lowest BCUT2D eigenvalue weighted by atomic mass is 10.2. The van der Waals surface area contributed by atoms with Crippen LogP contribution in [0.15, 0.2) is 22.0 Å². The van der Waals surface area contributed by atoms with Gasteiger partial charge in [-0.15, -0.1) is 0 Å². The Labute approximate surface area is 135 Å². The molecule has 0 aromatic heterocycles. The molecule has 0 amide bonds. The minimum Gasteiger partial charge on any atom is -0.336 e. The zero-order valence-corrected chi connectivity index (χ0v) is 13.3. The number of aryl methyl sites for hydroxylation is 1. The van der Waals surface area contributed by atoms with Gasteiger partial charge in [-0.25, -0.2) is 0 Å². The SMILES string of the molecule is CN=C(Nc1cc(S(=O)CC(F)(F)F)c(Cl)cc1C)C(F)(F)F. The van der Waals surface area contributed by atoms with Crippen molar-refractivity contribution in [3.05, 3.63) is 22.7 Å². The van der Waals surface area contributed by atoms with E-state index in [2.05, 4.69) is 4.99 Å². The van der Waals surface area contributed by atoms with Crippen molar-refractivity contribution < 1.29 is 30.6 Å². The molecule has 0 heterocycles. The van der Waals surface area contributed by atoms with Crippen LogP contribution < -0.4 is 5.32 Å². The van der Waals surface area contributed by atoms with Crippen LogP contribution in [0.25, 0.3) is 0 Å². The molecule has 0 saturated heterocycles. The molecule has 0 radical (unpaired) electrons. The van der Waals surface area contributed by atoms with E-state index in [1.54, 1.807) is 0 Å². The second-order valence-corrected chi connectivity index (χ2v) is 6.22. The molecule has 0 aliphatic rings. The molecule has 1 atom stereocenters. The highest BCUT2D eigenvalue weighted by Gasteiger charge is 2.36. The maximum Gasteiger partial charge on any atom is 0.449 e. The third-order valence-electron chi connectivity index (χ3n) is 2.56. The third kappa shape index (κ3) is 5.69. The molecule has 1 aromatic carbocycles. The van der Waals surface area contributed by atoms with Gasteiger partial charge in [0.05, 0.1) is 20.7 Å². The van der Waals surface area contributed by atoms with Gasteiger partial charge in [0.2, 0.25) is 5.84 Å². The minimum absolute atomic E-state index is 0.183. The van der Waals surface area contributed by atoms with Crippen LogP contribution in [-0.2, 0) is 10.8 Å². The molecular weight excluding hydrogens is 370 g/mol. The molecule has 1 aromatic rings. The number of amidine groups is 1. The van der Waals surface area contributed by atoms with Gasteiger partial charge in [0, 0.05) is 12.7 Å². The first-order valence-electron chi connectivity index (χ1n) is 5.91. The fraction of sp³-hybridized carbons (Fsp3) is 0.417. The number of halogens is 7. The summed E-state index contributed by atoms with van der Waals surface area (Å²) < 4.78 is 86.6. The maximum atomic E-state index is 12.7. The quantitative estimate of drug-likeness (QED) is 0.482. The first-order valence-corrected chi connectivity index (χ1v) is 7.61. The monoisotopic (exact) mass is 380 g/mol. The largest absolute Gasteiger partial charge is 0.449 e. The summed E-state index contributed by atoms with van der Waals surface area (Å²) in [5, 5.41) is 1.75. The molecule has 0 aliphatic heterocycles. The minimum atomic E-state index is -4.77. The van der Waals surface area contributed by atoms with E-state index >= 15 is 0 Å². The number of nitrogens with zero attached hydrogens (tertiary/aromatic N) is 1. The summed E-state index contributed by atoms with van der Waals surface area (Å²) in [5.74, 6) is -2.99. The van der Waals surface area contributed by atoms with E-state index in [-0.39, 0.29) is 16.3 Å². The standard InChI is InChI=1S/C12H11ClF6N2OS/c1-6-3-7(13)9(23(22)5-11(14,15)16)4-8(6)21-10(20-2)12(17,18)19/h3-4H,5H2,1-2H3,(H,20,21). The number of alkyl halides is 6. The number of benzene rings is 1. The number of hydrogen-bond donors (Lipinski definition) is 1. The summed E-state index contributed by atoms with van der Waals surface area (Å²) in [4.78, 5) is 2.64. The summed E-state index contributed by atoms with van der Waals surface area (Å²) in [5.41, 5.74) is 0.0472. The van der Waals surface area contributed by atoms with Crippen molar-refractivity contribution in [3.8, 4) is 0 Å². The first kappa shape index (κ1) is 19.8. The van der Waals surface area contributed by atoms with Crippen LogP contribution in [0.5, 0.6) is 0 Å². The molecule has 130 valence electrons. The molecule has 0 saturated carbocycles. The maximum absolute atomic E-state index is 12.7. The Morgan fingerprint density at radius 1 is 1.26 bits per heavy atom. The summed E-state index contributed by atoms with van der Waals surface area (Å²) >= 11 is 5.74. The van der Waals surface area contributed by atoms with Crippen LogP contribution in [0.1, 0.15) is 5.56 Å². The van der Waals surface area contributed by atoms with Gasteiger partial charge in [0.25, 0.3) is 0 Å². The number of aliphatic imine (C=N–C) groups is 1. The van der Waals surface area contributed by atoms with E-state index in [1.807, 2.05) is 5.32 Å². The predicted octanol–water partition coefficient (Wildman–Crippen LogP) is 4.32. The van der Waals surface area contributed by atoms with Crippen molar-refractivity contribution in [1.29, 1.82) is 0 Å². The molecule has 3 nitrogen and oxygen atoms in total. The van der Waals surface area contributed by atoms with Crippen LogP contribution in [0.3, 0.4) is 0 Å². The molecule has 1 N–H and O–H groups in total. The van der Waals surface area contributed by atoms with Crippen molar-refractivity contribution in [2.24, 2.45) is 4.99 Å². The number of nitrogens with one attached hydrogen (secondary N) is 1. The van der Waals surface area contributed by atoms with Gasteiger partial charge in [0.1, 0.15) is 5.75 Å². The van der Waals surface area contributed by atoms with Crippen LogP contribution >= 0.6 is 11.6 Å². The average Bonchev–Trinajstić information content (AvgIpc) is 2.33. The van der Waals surface area contributed by atoms with Gasteiger partial charge in [-0.1, -0.05) is 11.6 Å². The van der Waals surface area contributed by atoms with Gasteiger partial charge in [0.15, 0.2) is 0 Å². The van der Waals surface area contributed by atoms with Crippen molar-refractivity contribution in [2.75, 3.05) is 18.1 Å². The molecule has 0 fully saturated rings. The van der Waals surface area contributed by atoms with E-state index in [0.717, 1.165) is 19.2 Å². The van der Waals surface area contributed by atoms with Gasteiger partial charge in [-0.2, -0.15) is 26.3 Å². The van der Waals surface area contributed by atoms with Crippen molar-refractivity contribution in [1.82, 2.24) is 0 Å². The lowest BCUT2D eigenvalue weighted by Gasteiger charge is -2.16. The van der Waals surface area contributed by atoms with E-state index in [9.17, 15) is 30.6 Å². The molecule has 11 heteroatoms. The van der Waals surface area contributed by atoms with Crippen molar-refractivity contribution >= 4 is 33.9 Å². The van der Waals surface area contributed by atoms with E-state index in [4.69, 9.17) is 11.6 Å². The lowest BCUT2D eigenvalue weighted by Crippen LogP contribution is -2.30. The Bertz CT molecular complexity index is 642. The molecule has 0 bridgehead atoms. The summed E-state index contributed by atoms with van der Waals surface area (Å²) in [6, 6.07) is 2.04. The second kappa shape index (κ2) is 7.08. The molecular formula is C12H11ClF6N2OS. The highest BCUT2D eigenvalue weighted by atomic mass is 35.5. The Hall–Kier alpha value is -1.29. The zero-order valence-electron chi connectivity index (χ0n) is 11.8. The van der Waals surface area contributed by atoms with E-state index < -0.39 is 39.6 Å². The zero-order chi connectivity index (χ0) is 18.0. The molecule has 0 aliphatic carbocycles. The normalized spacial score (nSPS) is 14.7. The predicted molar refractivity (Wildman–Crippen MR) is 76.6 cm³/mol. The van der Waals surface area contributed by atoms with Gasteiger partial charge in [-0.3, -0.25) is 9.20 Å². The highest BCUT2D eigenvalue weighted by Crippen LogP contribution is 2.31. The first-order chi connectivity index (χ1) is 10.3. The number of anilines is 1. The van der Waals surface area contributed by atoms with Crippen molar-refractivity contribution in [2.45, 2.75) is 24.2 Å². The van der Waals surface area contributed by atoms with E-state index in [0.29, 0.717) is 0 Å². The van der Waals surface area contributed by atoms with Gasteiger partial charge < -0.3 is 5.32 Å². The topological polar surface area (TPSA) is 41.5 Å². The third-order valence-corrected chi connectivity index (χ3v) is 4.41. The van der Waals surface area contributed by atoms with Crippen LogP contribution in [0, 0.1) is 6.92 Å². The molecule has 0 spiro atoms. The fourth-order valence-electron chi connectivity index (χ4n) is 1.57. The van der Waals surface area contributed by atoms with E-state index in [1.165, 1.54) is 6.92 Å². The summed E-state index contributed by atoms with van der Waals surface area (Å²) in [6.45, 7) is 1.40. The van der Waals surface area contributed by atoms with Crippen molar-refractivity contribution in [3.63, 3.8) is 0 Å². The Morgan fingerprint density at radius 3 is 2.26 bits per heavy atom. The van der Waals surface area contributed by atoms with Crippen LogP contribution in [-0.4, -0.2) is 35.2 Å². The summed E-state index contributed by atoms with van der Waals surface area (Å²) in [6.07, 6.45) is -9.47. The Balaban J connectivity index is 3.22. The van der Waals surface area contributed by atoms with Gasteiger partial charge >= 0.3 is 12.4 Å². The second-order valence-electron chi connectivity index (χ2n) is 4.40. The lowest BCUT2D eigenvalue weighted by molar-refractivity contribution is -0.105.